The molecule has 0 fully saturated rings. The average Bonchev–Trinajstić information content (AvgIpc) is 2.59. The van der Waals surface area contributed by atoms with Crippen molar-refractivity contribution < 1.29 is 19.6 Å². The summed E-state index contributed by atoms with van der Waals surface area (Å²) in [6.07, 6.45) is 1.36. The van der Waals surface area contributed by atoms with Crippen molar-refractivity contribution in [1.82, 2.24) is 9.97 Å². The molecular weight excluding hydrogens is 330 g/mol. The fourth-order valence-corrected chi connectivity index (χ4v) is 2.15. The Balaban J connectivity index is 2.07. The lowest BCUT2D eigenvalue weighted by Gasteiger charge is -2.15. The Morgan fingerprint density at radius 1 is 1.44 bits per heavy atom. The maximum absolute atomic E-state index is 11.9. The molecular formula is C15H17N5O5. The Labute approximate surface area is 142 Å². The number of nitrogen functional groups attached to an aromatic ring is 1. The highest BCUT2D eigenvalue weighted by Gasteiger charge is 2.21. The minimum Gasteiger partial charge on any atom is -0.508 e. The highest BCUT2D eigenvalue weighted by Crippen LogP contribution is 2.19. The third-order valence-electron chi connectivity index (χ3n) is 3.45. The number of aromatic hydroxyl groups is 1. The van der Waals surface area contributed by atoms with Crippen LogP contribution in [0.2, 0.25) is 0 Å². The lowest BCUT2D eigenvalue weighted by atomic mass is 9.99. The van der Waals surface area contributed by atoms with Gasteiger partial charge in [0.15, 0.2) is 0 Å². The highest BCUT2D eigenvalue weighted by atomic mass is 16.6. The van der Waals surface area contributed by atoms with Crippen LogP contribution in [0.25, 0.3) is 0 Å². The lowest BCUT2D eigenvalue weighted by Crippen LogP contribution is -2.27. The first-order valence-corrected chi connectivity index (χ1v) is 7.27. The molecule has 0 aliphatic heterocycles. The van der Waals surface area contributed by atoms with E-state index in [1.54, 1.807) is 12.1 Å². The van der Waals surface area contributed by atoms with Crippen molar-refractivity contribution >= 4 is 23.4 Å². The van der Waals surface area contributed by atoms with Gasteiger partial charge in [-0.15, -0.1) is 0 Å². The van der Waals surface area contributed by atoms with Crippen LogP contribution in [0, 0.1) is 16.0 Å². The molecule has 2 rings (SSSR count). The number of phenolic OH excluding ortho intramolecular Hbond substituents is 1. The summed E-state index contributed by atoms with van der Waals surface area (Å²) >= 11 is 0. The van der Waals surface area contributed by atoms with Crippen LogP contribution in [0.1, 0.15) is 5.56 Å². The molecule has 10 heteroatoms. The van der Waals surface area contributed by atoms with Crippen LogP contribution in [0.5, 0.6) is 5.75 Å². The van der Waals surface area contributed by atoms with Crippen LogP contribution in [0.15, 0.2) is 30.5 Å². The number of esters is 1. The van der Waals surface area contributed by atoms with Crippen LogP contribution in [-0.4, -0.2) is 39.6 Å². The van der Waals surface area contributed by atoms with Gasteiger partial charge in [0, 0.05) is 6.54 Å². The zero-order valence-corrected chi connectivity index (χ0v) is 13.4. The van der Waals surface area contributed by atoms with Gasteiger partial charge >= 0.3 is 11.7 Å². The molecule has 0 unspecified atom stereocenters. The van der Waals surface area contributed by atoms with Crippen molar-refractivity contribution in [1.29, 1.82) is 0 Å². The standard InChI is InChI=1S/C15H17N5O5/c1-25-14(22)10(6-9-2-4-11(21)5-3-9)7-17-15-18-8-12(20(23)24)13(16)19-15/h2-5,8,10,21H,6-7H2,1H3,(H3,16,17,18,19)/t10-/m0/s1. The first-order chi connectivity index (χ1) is 11.9. The van der Waals surface area contributed by atoms with Crippen LogP contribution in [0.4, 0.5) is 17.5 Å². The lowest BCUT2D eigenvalue weighted by molar-refractivity contribution is -0.384. The van der Waals surface area contributed by atoms with Gasteiger partial charge in [0.25, 0.3) is 0 Å². The van der Waals surface area contributed by atoms with E-state index >= 15 is 0 Å². The van der Waals surface area contributed by atoms with E-state index in [-0.39, 0.29) is 29.7 Å². The molecule has 132 valence electrons. The van der Waals surface area contributed by atoms with Gasteiger partial charge in [0.2, 0.25) is 11.8 Å². The summed E-state index contributed by atoms with van der Waals surface area (Å²) in [4.78, 5) is 29.6. The summed E-state index contributed by atoms with van der Waals surface area (Å²) in [6, 6.07) is 6.45. The second-order valence-electron chi connectivity index (χ2n) is 5.19. The zero-order valence-electron chi connectivity index (χ0n) is 13.4. The van der Waals surface area contributed by atoms with Crippen molar-refractivity contribution in [2.45, 2.75) is 6.42 Å². The predicted molar refractivity (Wildman–Crippen MR) is 88.9 cm³/mol. The number of nitrogens with zero attached hydrogens (tertiary/aromatic N) is 3. The summed E-state index contributed by atoms with van der Waals surface area (Å²) in [5.41, 5.74) is 5.95. The number of hydrogen-bond donors (Lipinski definition) is 3. The smallest absolute Gasteiger partial charge is 0.329 e. The molecule has 0 spiro atoms. The molecule has 0 aliphatic carbocycles. The molecule has 0 radical (unpaired) electrons. The first kappa shape index (κ1) is 17.9. The quantitative estimate of drug-likeness (QED) is 0.379. The number of methoxy groups -OCH3 is 1. The molecule has 25 heavy (non-hydrogen) atoms. The second kappa shape index (κ2) is 7.90. The monoisotopic (exact) mass is 347 g/mol. The Bertz CT molecular complexity index is 765. The zero-order chi connectivity index (χ0) is 18.4. The highest BCUT2D eigenvalue weighted by molar-refractivity contribution is 5.73. The third-order valence-corrected chi connectivity index (χ3v) is 3.45. The van der Waals surface area contributed by atoms with Gasteiger partial charge in [-0.05, 0) is 24.1 Å². The number of anilines is 2. The second-order valence-corrected chi connectivity index (χ2v) is 5.19. The largest absolute Gasteiger partial charge is 0.508 e. The number of nitrogens with one attached hydrogen (secondary N) is 1. The van der Waals surface area contributed by atoms with Crippen molar-refractivity contribution in [3.8, 4) is 5.75 Å². The van der Waals surface area contributed by atoms with E-state index in [0.29, 0.717) is 6.42 Å². The van der Waals surface area contributed by atoms with Crippen LogP contribution >= 0.6 is 0 Å². The summed E-state index contributed by atoms with van der Waals surface area (Å²) < 4.78 is 4.79. The van der Waals surface area contributed by atoms with Crippen LogP contribution in [0.3, 0.4) is 0 Å². The number of aromatic nitrogens is 2. The average molecular weight is 347 g/mol. The number of benzene rings is 1. The molecule has 4 N–H and O–H groups in total. The van der Waals surface area contributed by atoms with Crippen molar-refractivity contribution in [3.05, 3.63) is 46.1 Å². The molecule has 1 aromatic heterocycles. The van der Waals surface area contributed by atoms with Gasteiger partial charge in [-0.2, -0.15) is 4.98 Å². The molecule has 0 bridgehead atoms. The number of phenols is 1. The van der Waals surface area contributed by atoms with E-state index in [1.165, 1.54) is 19.2 Å². The normalized spacial score (nSPS) is 11.6. The van der Waals surface area contributed by atoms with Gasteiger partial charge in [0.05, 0.1) is 18.0 Å². The molecule has 1 atom stereocenters. The topological polar surface area (TPSA) is 153 Å². The molecule has 1 aromatic carbocycles. The number of rotatable bonds is 7. The molecule has 0 amide bonds. The van der Waals surface area contributed by atoms with Crippen LogP contribution in [-0.2, 0) is 16.0 Å². The molecule has 1 heterocycles. The Kier molecular flexibility index (Phi) is 5.66. The minimum absolute atomic E-state index is 0.0720. The fourth-order valence-electron chi connectivity index (χ4n) is 2.15. The Morgan fingerprint density at radius 3 is 2.68 bits per heavy atom. The number of hydrogen-bond acceptors (Lipinski definition) is 9. The van der Waals surface area contributed by atoms with Gasteiger partial charge in [-0.3, -0.25) is 14.9 Å². The Morgan fingerprint density at radius 2 is 2.12 bits per heavy atom. The number of ether oxygens (including phenoxy) is 1. The van der Waals surface area contributed by atoms with E-state index in [9.17, 15) is 20.0 Å². The van der Waals surface area contributed by atoms with Crippen molar-refractivity contribution in [3.63, 3.8) is 0 Å². The predicted octanol–water partition coefficient (Wildman–Crippen LogP) is 1.12. The summed E-state index contributed by atoms with van der Waals surface area (Å²) in [6.45, 7) is 0.144. The van der Waals surface area contributed by atoms with Crippen molar-refractivity contribution in [2.24, 2.45) is 5.92 Å². The van der Waals surface area contributed by atoms with Gasteiger partial charge in [-0.1, -0.05) is 12.1 Å². The molecule has 0 saturated heterocycles. The van der Waals surface area contributed by atoms with Gasteiger partial charge < -0.3 is 20.9 Å². The third kappa shape index (κ3) is 4.77. The summed E-state index contributed by atoms with van der Waals surface area (Å²) in [5, 5.41) is 22.8. The van der Waals surface area contributed by atoms with Crippen LogP contribution < -0.4 is 11.1 Å². The minimum atomic E-state index is -0.679. The Hall–Kier alpha value is -3.43. The molecule has 0 aliphatic rings. The van der Waals surface area contributed by atoms with Crippen molar-refractivity contribution in [2.75, 3.05) is 24.7 Å². The summed E-state index contributed by atoms with van der Waals surface area (Å²) in [5.74, 6) is -1.05. The maximum Gasteiger partial charge on any atom is 0.329 e. The van der Waals surface area contributed by atoms with E-state index in [4.69, 9.17) is 10.5 Å². The first-order valence-electron chi connectivity index (χ1n) is 7.27. The van der Waals surface area contributed by atoms with E-state index in [1.807, 2.05) is 0 Å². The number of nitrogens with two attached hydrogens (primary N) is 1. The van der Waals surface area contributed by atoms with Gasteiger partial charge in [0.1, 0.15) is 11.9 Å². The number of nitro groups is 1. The summed E-state index contributed by atoms with van der Waals surface area (Å²) in [7, 11) is 1.28. The maximum atomic E-state index is 11.9. The van der Waals surface area contributed by atoms with E-state index < -0.39 is 16.8 Å². The SMILES string of the molecule is COC(=O)[C@H](CNc1ncc([N+](=O)[O-])c(N)n1)Cc1ccc(O)cc1. The molecule has 0 saturated carbocycles. The van der Waals surface area contributed by atoms with Gasteiger partial charge in [-0.25, -0.2) is 4.98 Å². The molecule has 10 nitrogen and oxygen atoms in total. The number of carbonyl (C=O) groups is 1. The van der Waals surface area contributed by atoms with E-state index in [0.717, 1.165) is 11.8 Å². The number of carbonyl (C=O) groups excluding carboxylic acids is 1. The van der Waals surface area contributed by atoms with E-state index in [2.05, 4.69) is 15.3 Å². The molecule has 2 aromatic rings. The fraction of sp³-hybridized carbons (Fsp3) is 0.267.